The molecule has 0 heterocycles. The van der Waals surface area contributed by atoms with E-state index in [-0.39, 0.29) is 0 Å². The number of hydrogen-bond acceptors (Lipinski definition) is 3. The molecule has 1 atom stereocenters. The van der Waals surface area contributed by atoms with Crippen molar-refractivity contribution >= 4 is 12.2 Å². The highest BCUT2D eigenvalue weighted by molar-refractivity contribution is 5.82. The quantitative estimate of drug-likeness (QED) is 0.441. The molecule has 0 N–H and O–H groups in total. The van der Waals surface area contributed by atoms with Crippen LogP contribution in [0.25, 0.3) is 0 Å². The Morgan fingerprint density at radius 3 is 1.86 bits per heavy atom. The first-order valence-corrected chi connectivity index (χ1v) is 9.09. The number of carbonyl (C=O) groups excluding carboxylic acids is 1. The van der Waals surface area contributed by atoms with Gasteiger partial charge in [0.25, 0.3) is 0 Å². The average Bonchev–Trinajstić information content (AvgIpc) is 2.77. The van der Waals surface area contributed by atoms with E-state index in [0.717, 1.165) is 5.56 Å². The van der Waals surface area contributed by atoms with Gasteiger partial charge in [-0.05, 0) is 16.7 Å². The lowest BCUT2D eigenvalue weighted by atomic mass is 9.89. The molecule has 142 valence electrons. The number of benzene rings is 3. The Morgan fingerprint density at radius 2 is 1.39 bits per heavy atom. The molecule has 3 aromatic carbocycles. The van der Waals surface area contributed by atoms with Gasteiger partial charge in [-0.3, -0.25) is 4.99 Å². The van der Waals surface area contributed by atoms with E-state index in [0.29, 0.717) is 17.5 Å². The molecular weight excluding hydrogens is 353 g/mol. The molecule has 0 fully saturated rings. The van der Waals surface area contributed by atoms with Crippen LogP contribution in [-0.2, 0) is 21.6 Å². The highest BCUT2D eigenvalue weighted by atomic mass is 19.1. The first-order valence-electron chi connectivity index (χ1n) is 9.09. The lowest BCUT2D eigenvalue weighted by molar-refractivity contribution is -0.142. The molecule has 0 aliphatic rings. The van der Waals surface area contributed by atoms with Gasteiger partial charge in [0.1, 0.15) is 0 Å². The largest absolute Gasteiger partial charge is 0.467 e. The van der Waals surface area contributed by atoms with Crippen LogP contribution in [0, 0.1) is 0 Å². The summed E-state index contributed by atoms with van der Waals surface area (Å²) >= 11 is 0. The molecule has 3 rings (SSSR count). The summed E-state index contributed by atoms with van der Waals surface area (Å²) in [6, 6.07) is 26.3. The summed E-state index contributed by atoms with van der Waals surface area (Å²) in [5, 5.41) is 0. The molecule has 0 bridgehead atoms. The molecule has 3 aromatic rings. The van der Waals surface area contributed by atoms with E-state index < -0.39 is 17.7 Å². The van der Waals surface area contributed by atoms with Gasteiger partial charge in [0.2, 0.25) is 0 Å². The molecule has 0 spiro atoms. The normalized spacial score (nSPS) is 12.6. The van der Waals surface area contributed by atoms with Gasteiger partial charge < -0.3 is 4.74 Å². The first-order chi connectivity index (χ1) is 13.6. The Morgan fingerprint density at radius 1 is 0.929 bits per heavy atom. The van der Waals surface area contributed by atoms with Crippen molar-refractivity contribution < 1.29 is 13.9 Å². The van der Waals surface area contributed by atoms with Gasteiger partial charge in [0, 0.05) is 12.6 Å². The number of methoxy groups -OCH3 is 1. The minimum Gasteiger partial charge on any atom is -0.467 e. The summed E-state index contributed by atoms with van der Waals surface area (Å²) in [7, 11) is 1.31. The molecule has 4 heteroatoms. The molecule has 0 saturated carbocycles. The molecular formula is C24H22FNO2. The molecule has 3 nitrogen and oxygen atoms in total. The second-order valence-electron chi connectivity index (χ2n) is 6.45. The second-order valence-corrected chi connectivity index (χ2v) is 6.45. The molecule has 0 radical (unpaired) electrons. The summed E-state index contributed by atoms with van der Waals surface area (Å²) < 4.78 is 21.1. The Balaban J connectivity index is 1.98. The predicted octanol–water partition coefficient (Wildman–Crippen LogP) is 4.75. The molecule has 0 amide bonds. The summed E-state index contributed by atoms with van der Waals surface area (Å²) in [5.74, 6) is -0.497. The highest BCUT2D eigenvalue weighted by Crippen LogP contribution is 2.32. The number of aliphatic imine (C=N–C) groups is 1. The molecule has 0 aromatic heterocycles. The van der Waals surface area contributed by atoms with Crippen LogP contribution in [0.2, 0.25) is 0 Å². The third-order valence-corrected chi connectivity index (χ3v) is 4.57. The molecule has 0 saturated heterocycles. The maximum Gasteiger partial charge on any atom is 0.330 e. The third kappa shape index (κ3) is 4.52. The summed E-state index contributed by atoms with van der Waals surface area (Å²) in [5.41, 5.74) is -0.119. The zero-order valence-corrected chi connectivity index (χ0v) is 15.7. The fourth-order valence-corrected chi connectivity index (χ4v) is 3.04. The van der Waals surface area contributed by atoms with Gasteiger partial charge in [-0.25, -0.2) is 9.18 Å². The van der Waals surface area contributed by atoms with Crippen molar-refractivity contribution in [2.45, 2.75) is 18.1 Å². The Hall–Kier alpha value is -3.27. The van der Waals surface area contributed by atoms with Crippen molar-refractivity contribution in [3.63, 3.8) is 0 Å². The van der Waals surface area contributed by atoms with Crippen LogP contribution in [0.1, 0.15) is 16.7 Å². The molecule has 0 aliphatic heterocycles. The van der Waals surface area contributed by atoms with Crippen molar-refractivity contribution in [1.29, 1.82) is 0 Å². The number of carbonyl (C=O) groups is 1. The highest BCUT2D eigenvalue weighted by Gasteiger charge is 2.33. The van der Waals surface area contributed by atoms with Gasteiger partial charge in [0.15, 0.2) is 11.7 Å². The van der Waals surface area contributed by atoms with Crippen molar-refractivity contribution in [3.05, 3.63) is 108 Å². The number of ether oxygens (including phenoxy) is 1. The number of alkyl halides is 1. The molecule has 0 unspecified atom stereocenters. The smallest absolute Gasteiger partial charge is 0.330 e. The first kappa shape index (κ1) is 19.5. The monoisotopic (exact) mass is 375 g/mol. The maximum absolute atomic E-state index is 16.2. The summed E-state index contributed by atoms with van der Waals surface area (Å²) in [6.45, 7) is 0. The zero-order chi connectivity index (χ0) is 19.8. The van der Waals surface area contributed by atoms with Crippen LogP contribution in [-0.4, -0.2) is 25.3 Å². The van der Waals surface area contributed by atoms with Gasteiger partial charge in [-0.2, -0.15) is 0 Å². The summed E-state index contributed by atoms with van der Waals surface area (Å²) in [4.78, 5) is 16.6. The lowest BCUT2D eigenvalue weighted by Gasteiger charge is -2.23. The minimum absolute atomic E-state index is 0.337. The van der Waals surface area contributed by atoms with Crippen LogP contribution in [0.4, 0.5) is 4.39 Å². The van der Waals surface area contributed by atoms with Crippen molar-refractivity contribution in [1.82, 2.24) is 0 Å². The van der Waals surface area contributed by atoms with E-state index in [1.165, 1.54) is 13.3 Å². The van der Waals surface area contributed by atoms with E-state index in [2.05, 4.69) is 4.99 Å². The van der Waals surface area contributed by atoms with Gasteiger partial charge in [0.05, 0.1) is 7.11 Å². The number of esters is 1. The van der Waals surface area contributed by atoms with Crippen LogP contribution >= 0.6 is 0 Å². The minimum atomic E-state index is -1.95. The third-order valence-electron chi connectivity index (χ3n) is 4.57. The van der Waals surface area contributed by atoms with Gasteiger partial charge in [-0.1, -0.05) is 91.0 Å². The maximum atomic E-state index is 16.2. The fraction of sp³-hybridized carbons (Fsp3) is 0.167. The number of halogens is 1. The standard InChI is InChI=1S/C24H22FNO2/c1-28-23(27)22(17-19-11-5-2-6-12-19)26-18-24(25,20-13-7-3-8-14-20)21-15-9-4-10-16-21/h2-16,18,22H,17H2,1H3/t22-/m0/s1. The van der Waals surface area contributed by atoms with Gasteiger partial charge in [-0.15, -0.1) is 0 Å². The van der Waals surface area contributed by atoms with E-state index in [1.54, 1.807) is 48.5 Å². The van der Waals surface area contributed by atoms with E-state index in [4.69, 9.17) is 4.74 Å². The van der Waals surface area contributed by atoms with E-state index in [9.17, 15) is 4.79 Å². The topological polar surface area (TPSA) is 38.7 Å². The summed E-state index contributed by atoms with van der Waals surface area (Å²) in [6.07, 6.45) is 1.56. The van der Waals surface area contributed by atoms with Crippen LogP contribution in [0.5, 0.6) is 0 Å². The predicted molar refractivity (Wildman–Crippen MR) is 109 cm³/mol. The second kappa shape index (κ2) is 9.09. The number of rotatable bonds is 7. The lowest BCUT2D eigenvalue weighted by Crippen LogP contribution is -2.28. The van der Waals surface area contributed by atoms with Crippen LogP contribution < -0.4 is 0 Å². The fourth-order valence-electron chi connectivity index (χ4n) is 3.04. The average molecular weight is 375 g/mol. The SMILES string of the molecule is COC(=O)[C@H](Cc1ccccc1)N=CC(F)(c1ccccc1)c1ccccc1. The van der Waals surface area contributed by atoms with Crippen molar-refractivity contribution in [2.75, 3.05) is 7.11 Å². The van der Waals surface area contributed by atoms with Crippen LogP contribution in [0.3, 0.4) is 0 Å². The van der Waals surface area contributed by atoms with Crippen LogP contribution in [0.15, 0.2) is 96.0 Å². The molecule has 28 heavy (non-hydrogen) atoms. The number of hydrogen-bond donors (Lipinski definition) is 0. The Bertz CT molecular complexity index is 872. The van der Waals surface area contributed by atoms with Gasteiger partial charge >= 0.3 is 5.97 Å². The Kier molecular flexibility index (Phi) is 6.33. The van der Waals surface area contributed by atoms with Crippen molar-refractivity contribution in [3.8, 4) is 0 Å². The Labute approximate surface area is 164 Å². The zero-order valence-electron chi connectivity index (χ0n) is 15.7. The number of nitrogens with zero attached hydrogens (tertiary/aromatic N) is 1. The molecule has 0 aliphatic carbocycles. The van der Waals surface area contributed by atoms with Crippen molar-refractivity contribution in [2.24, 2.45) is 4.99 Å². The van der Waals surface area contributed by atoms with E-state index in [1.807, 2.05) is 42.5 Å². The van der Waals surface area contributed by atoms with E-state index >= 15 is 4.39 Å².